The van der Waals surface area contributed by atoms with Gasteiger partial charge in [0.2, 0.25) is 5.91 Å². The van der Waals surface area contributed by atoms with Crippen LogP contribution in [0.5, 0.6) is 0 Å². The molecule has 0 bridgehead atoms. The molecular formula is C15H28BNO. The van der Waals surface area contributed by atoms with Gasteiger partial charge < -0.3 is 5.32 Å². The molecule has 0 aromatic carbocycles. The maximum absolute atomic E-state index is 11.3. The van der Waals surface area contributed by atoms with Crippen LogP contribution in [-0.2, 0) is 4.79 Å². The van der Waals surface area contributed by atoms with Gasteiger partial charge in [0.05, 0.1) is 0 Å². The molecule has 1 rings (SSSR count). The van der Waals surface area contributed by atoms with Crippen molar-refractivity contribution in [3.05, 3.63) is 12.7 Å². The molecule has 1 aliphatic rings. The van der Waals surface area contributed by atoms with Gasteiger partial charge in [0.1, 0.15) is 7.28 Å². The molecule has 1 N–H and O–H groups in total. The summed E-state index contributed by atoms with van der Waals surface area (Å²) in [5.41, 5.74) is 0. The third-order valence-electron chi connectivity index (χ3n) is 4.10. The van der Waals surface area contributed by atoms with E-state index in [1.165, 1.54) is 39.0 Å². The first-order valence-corrected chi connectivity index (χ1v) is 7.38. The van der Waals surface area contributed by atoms with E-state index in [2.05, 4.69) is 32.7 Å². The summed E-state index contributed by atoms with van der Waals surface area (Å²) in [6.07, 6.45) is 8.66. The first-order chi connectivity index (χ1) is 8.45. The number of hydrogen-bond donors (Lipinski definition) is 1. The van der Waals surface area contributed by atoms with Crippen LogP contribution in [0.4, 0.5) is 0 Å². The van der Waals surface area contributed by atoms with Gasteiger partial charge in [-0.05, 0) is 18.9 Å². The topological polar surface area (TPSA) is 29.1 Å². The fourth-order valence-corrected chi connectivity index (χ4v) is 3.41. The molecule has 0 aromatic heterocycles. The van der Waals surface area contributed by atoms with Crippen molar-refractivity contribution >= 4 is 13.2 Å². The Balaban J connectivity index is 2.44. The molecule has 0 heterocycles. The summed E-state index contributed by atoms with van der Waals surface area (Å²) in [6.45, 7) is 10.6. The lowest BCUT2D eigenvalue weighted by molar-refractivity contribution is -0.117. The van der Waals surface area contributed by atoms with E-state index in [1.54, 1.807) is 0 Å². The molecule has 1 saturated carbocycles. The van der Waals surface area contributed by atoms with E-state index in [0.29, 0.717) is 11.4 Å². The Morgan fingerprint density at radius 1 is 1.39 bits per heavy atom. The Morgan fingerprint density at radius 3 is 2.39 bits per heavy atom. The summed E-state index contributed by atoms with van der Waals surface area (Å²) in [5, 5.41) is 3.56. The van der Waals surface area contributed by atoms with Gasteiger partial charge in [-0.25, -0.2) is 0 Å². The van der Waals surface area contributed by atoms with E-state index in [9.17, 15) is 4.79 Å². The zero-order chi connectivity index (χ0) is 13.6. The maximum atomic E-state index is 11.3. The quantitative estimate of drug-likeness (QED) is 0.600. The molecule has 0 saturated heterocycles. The summed E-state index contributed by atoms with van der Waals surface area (Å²) in [5.74, 6) is 0.760. The highest BCUT2D eigenvalue weighted by Gasteiger charge is 2.28. The van der Waals surface area contributed by atoms with Gasteiger partial charge >= 0.3 is 0 Å². The summed E-state index contributed by atoms with van der Waals surface area (Å²) in [4.78, 5) is 11.3. The molecule has 1 amide bonds. The third kappa shape index (κ3) is 5.28. The second-order valence-electron chi connectivity index (χ2n) is 6.60. The second kappa shape index (κ2) is 7.01. The second-order valence-corrected chi connectivity index (χ2v) is 6.60. The molecule has 0 spiro atoms. The Morgan fingerprint density at radius 2 is 1.94 bits per heavy atom. The van der Waals surface area contributed by atoms with Gasteiger partial charge in [-0.2, -0.15) is 0 Å². The van der Waals surface area contributed by atoms with Crippen molar-refractivity contribution in [2.24, 2.45) is 0 Å². The average molecular weight is 249 g/mol. The van der Waals surface area contributed by atoms with Crippen LogP contribution in [0.2, 0.25) is 11.1 Å². The molecule has 0 aliphatic heterocycles. The van der Waals surface area contributed by atoms with Gasteiger partial charge in [0.15, 0.2) is 0 Å². The van der Waals surface area contributed by atoms with Crippen LogP contribution in [-0.4, -0.2) is 19.2 Å². The van der Waals surface area contributed by atoms with Crippen molar-refractivity contribution in [1.82, 2.24) is 5.32 Å². The zero-order valence-corrected chi connectivity index (χ0v) is 12.3. The van der Waals surface area contributed by atoms with E-state index in [0.717, 1.165) is 18.7 Å². The van der Waals surface area contributed by atoms with E-state index in [4.69, 9.17) is 0 Å². The van der Waals surface area contributed by atoms with E-state index in [1.807, 2.05) is 0 Å². The van der Waals surface area contributed by atoms with Crippen LogP contribution in [0.3, 0.4) is 0 Å². The van der Waals surface area contributed by atoms with Gasteiger partial charge in [-0.3, -0.25) is 4.79 Å². The van der Waals surface area contributed by atoms with Crippen molar-refractivity contribution in [1.29, 1.82) is 0 Å². The minimum absolute atomic E-state index is 0.0227. The van der Waals surface area contributed by atoms with Gasteiger partial charge in [0.25, 0.3) is 0 Å². The van der Waals surface area contributed by atoms with E-state index >= 15 is 0 Å². The molecular weight excluding hydrogens is 221 g/mol. The van der Waals surface area contributed by atoms with Crippen molar-refractivity contribution in [2.75, 3.05) is 0 Å². The maximum Gasteiger partial charge on any atom is 0.243 e. The molecule has 18 heavy (non-hydrogen) atoms. The van der Waals surface area contributed by atoms with Gasteiger partial charge in [-0.15, -0.1) is 0 Å². The summed E-state index contributed by atoms with van der Waals surface area (Å²) < 4.78 is 0. The highest BCUT2D eigenvalue weighted by atomic mass is 16.1. The van der Waals surface area contributed by atoms with Crippen molar-refractivity contribution in [2.45, 2.75) is 76.5 Å². The number of nitrogens with one attached hydrogen (secondary N) is 1. The number of amides is 1. The van der Waals surface area contributed by atoms with Crippen LogP contribution >= 0.6 is 0 Å². The normalized spacial score (nSPS) is 29.2. The SMILES string of the molecule is C=CC(=O)NC1CCCC(C)(BC(C)C)CCC1. The summed E-state index contributed by atoms with van der Waals surface area (Å²) in [6, 6.07) is 0.360. The van der Waals surface area contributed by atoms with Gasteiger partial charge in [0, 0.05) is 6.04 Å². The largest absolute Gasteiger partial charge is 0.350 e. The first kappa shape index (κ1) is 15.3. The highest BCUT2D eigenvalue weighted by Crippen LogP contribution is 2.41. The highest BCUT2D eigenvalue weighted by molar-refractivity contribution is 6.41. The van der Waals surface area contributed by atoms with Crippen LogP contribution in [0.1, 0.15) is 59.3 Å². The van der Waals surface area contributed by atoms with Crippen LogP contribution in [0.25, 0.3) is 0 Å². The first-order valence-electron chi connectivity index (χ1n) is 7.38. The monoisotopic (exact) mass is 249 g/mol. The molecule has 2 nitrogen and oxygen atoms in total. The molecule has 3 heteroatoms. The standard InChI is InChI=1S/C15H28BNO/c1-5-14(18)17-13-8-6-10-15(4,11-7-9-13)16-12(2)3/h5,12-13,16H,1,6-11H2,2-4H3,(H,17,18). The Labute approximate surface area is 113 Å². The zero-order valence-electron chi connectivity index (χ0n) is 12.3. The van der Waals surface area contributed by atoms with Crippen LogP contribution in [0, 0.1) is 0 Å². The van der Waals surface area contributed by atoms with Gasteiger partial charge in [-0.1, -0.05) is 64.2 Å². The predicted octanol–water partition coefficient (Wildman–Crippen LogP) is 3.45. The number of rotatable bonds is 4. The number of carbonyl (C=O) groups excluding carboxylic acids is 1. The fourth-order valence-electron chi connectivity index (χ4n) is 3.41. The third-order valence-corrected chi connectivity index (χ3v) is 4.10. The average Bonchev–Trinajstić information content (AvgIpc) is 2.25. The Hall–Kier alpha value is -0.725. The molecule has 0 radical (unpaired) electrons. The summed E-state index contributed by atoms with van der Waals surface area (Å²) in [7, 11) is 1.33. The van der Waals surface area contributed by atoms with Crippen molar-refractivity contribution < 1.29 is 4.79 Å². The molecule has 0 atom stereocenters. The Bertz CT molecular complexity index is 278. The molecule has 102 valence electrons. The molecule has 0 aromatic rings. The molecule has 1 aliphatic carbocycles. The van der Waals surface area contributed by atoms with E-state index in [-0.39, 0.29) is 5.91 Å². The van der Waals surface area contributed by atoms with E-state index < -0.39 is 0 Å². The lowest BCUT2D eigenvalue weighted by Gasteiger charge is -2.34. The van der Waals surface area contributed by atoms with Crippen molar-refractivity contribution in [3.63, 3.8) is 0 Å². The molecule has 0 unspecified atom stereocenters. The number of carbonyl (C=O) groups is 1. The smallest absolute Gasteiger partial charge is 0.243 e. The fraction of sp³-hybridized carbons (Fsp3) is 0.800. The van der Waals surface area contributed by atoms with Crippen molar-refractivity contribution in [3.8, 4) is 0 Å². The van der Waals surface area contributed by atoms with Crippen LogP contribution < -0.4 is 5.32 Å². The lowest BCUT2D eigenvalue weighted by Crippen LogP contribution is -2.35. The summed E-state index contributed by atoms with van der Waals surface area (Å²) >= 11 is 0. The van der Waals surface area contributed by atoms with Crippen LogP contribution in [0.15, 0.2) is 12.7 Å². The lowest BCUT2D eigenvalue weighted by atomic mass is 9.44. The minimum atomic E-state index is -0.0227. The number of hydrogen-bond acceptors (Lipinski definition) is 1. The minimum Gasteiger partial charge on any atom is -0.350 e. The molecule has 1 fully saturated rings. The Kier molecular flexibility index (Phi) is 5.97. The predicted molar refractivity (Wildman–Crippen MR) is 80.4 cm³/mol.